The van der Waals surface area contributed by atoms with E-state index in [2.05, 4.69) is 21.2 Å². The van der Waals surface area contributed by atoms with E-state index in [0.717, 1.165) is 23.9 Å². The molecule has 0 radical (unpaired) electrons. The van der Waals surface area contributed by atoms with Gasteiger partial charge in [0.1, 0.15) is 6.61 Å². The maximum absolute atomic E-state index is 11.5. The summed E-state index contributed by atoms with van der Waals surface area (Å²) in [6.45, 7) is 2.76. The van der Waals surface area contributed by atoms with Crippen LogP contribution < -0.4 is 5.32 Å². The molecule has 4 heteroatoms. The molecule has 0 aliphatic rings. The normalized spacial score (nSPS) is 10.2. The number of carbonyl (C=O) groups excluding carboxylic acids is 1. The number of hydrogen-bond acceptors (Lipinski definition) is 2. The molecule has 0 atom stereocenters. The molecule has 0 unspecified atom stereocenters. The van der Waals surface area contributed by atoms with Crippen LogP contribution in [-0.2, 0) is 16.0 Å². The van der Waals surface area contributed by atoms with Gasteiger partial charge in [-0.2, -0.15) is 0 Å². The van der Waals surface area contributed by atoms with Gasteiger partial charge in [-0.25, -0.2) is 0 Å². The van der Waals surface area contributed by atoms with E-state index in [1.807, 2.05) is 31.2 Å². The molecule has 0 fully saturated rings. The quantitative estimate of drug-likeness (QED) is 0.621. The Hall–Kier alpha value is -0.870. The van der Waals surface area contributed by atoms with E-state index in [9.17, 15) is 4.79 Å². The summed E-state index contributed by atoms with van der Waals surface area (Å²) in [5, 5.41) is 3.74. The lowest BCUT2D eigenvalue weighted by molar-refractivity contribution is -0.120. The van der Waals surface area contributed by atoms with Gasteiger partial charge in [0.2, 0.25) is 5.91 Å². The fourth-order valence-corrected chi connectivity index (χ4v) is 1.83. The van der Waals surface area contributed by atoms with Crippen LogP contribution in [0.1, 0.15) is 18.9 Å². The Kier molecular flexibility index (Phi) is 6.89. The van der Waals surface area contributed by atoms with Crippen LogP contribution in [0.25, 0.3) is 0 Å². The number of hydrogen-bond donors (Lipinski definition) is 1. The van der Waals surface area contributed by atoms with Gasteiger partial charge in [-0.15, -0.1) is 0 Å². The summed E-state index contributed by atoms with van der Waals surface area (Å²) in [7, 11) is 0. The molecule has 0 aromatic heterocycles. The molecular formula is C13H18BrNO2. The Morgan fingerprint density at radius 3 is 2.65 bits per heavy atom. The van der Waals surface area contributed by atoms with Gasteiger partial charge in [0, 0.05) is 17.6 Å². The predicted octanol–water partition coefficient (Wildman–Crippen LogP) is 2.99. The second kappa shape index (κ2) is 8.25. The number of anilines is 1. The zero-order chi connectivity index (χ0) is 12.5. The molecule has 0 aliphatic heterocycles. The number of alkyl halides is 1. The lowest BCUT2D eigenvalue weighted by atomic mass is 10.1. The van der Waals surface area contributed by atoms with Crippen LogP contribution in [-0.4, -0.2) is 24.5 Å². The summed E-state index contributed by atoms with van der Waals surface area (Å²) >= 11 is 3.39. The number of rotatable bonds is 7. The Bertz CT molecular complexity index is 338. The van der Waals surface area contributed by atoms with Gasteiger partial charge in [-0.1, -0.05) is 35.0 Å². The first-order valence-corrected chi connectivity index (χ1v) is 6.91. The van der Waals surface area contributed by atoms with Crippen LogP contribution in [0, 0.1) is 0 Å². The highest BCUT2D eigenvalue weighted by Crippen LogP contribution is 2.10. The van der Waals surface area contributed by atoms with Gasteiger partial charge >= 0.3 is 0 Å². The lowest BCUT2D eigenvalue weighted by Gasteiger charge is -2.06. The minimum atomic E-state index is -0.105. The molecule has 94 valence electrons. The molecule has 0 saturated heterocycles. The Morgan fingerprint density at radius 1 is 1.35 bits per heavy atom. The third-order valence-corrected chi connectivity index (χ3v) is 2.60. The zero-order valence-corrected chi connectivity index (χ0v) is 11.6. The van der Waals surface area contributed by atoms with Crippen molar-refractivity contribution in [3.05, 3.63) is 29.8 Å². The van der Waals surface area contributed by atoms with E-state index in [1.165, 1.54) is 5.56 Å². The average Bonchev–Trinajstić information content (AvgIpc) is 2.32. The lowest BCUT2D eigenvalue weighted by Crippen LogP contribution is -2.18. The zero-order valence-electron chi connectivity index (χ0n) is 10.0. The number of ether oxygens (including phenoxy) is 1. The minimum Gasteiger partial charge on any atom is -0.372 e. The molecule has 17 heavy (non-hydrogen) atoms. The summed E-state index contributed by atoms with van der Waals surface area (Å²) in [6.07, 6.45) is 1.92. The molecule has 3 nitrogen and oxygen atoms in total. The van der Waals surface area contributed by atoms with E-state index in [4.69, 9.17) is 4.74 Å². The highest BCUT2D eigenvalue weighted by atomic mass is 79.9. The van der Waals surface area contributed by atoms with Gasteiger partial charge in [0.25, 0.3) is 0 Å². The van der Waals surface area contributed by atoms with Crippen molar-refractivity contribution < 1.29 is 9.53 Å². The molecule has 1 aromatic carbocycles. The smallest absolute Gasteiger partial charge is 0.250 e. The number of halogens is 1. The topological polar surface area (TPSA) is 38.3 Å². The van der Waals surface area contributed by atoms with Crippen molar-refractivity contribution in [2.75, 3.05) is 23.9 Å². The molecular weight excluding hydrogens is 282 g/mol. The Balaban J connectivity index is 2.37. The van der Waals surface area contributed by atoms with Crippen molar-refractivity contribution in [3.63, 3.8) is 0 Å². The third kappa shape index (κ3) is 5.84. The van der Waals surface area contributed by atoms with E-state index >= 15 is 0 Å². The molecule has 1 aromatic rings. The molecule has 0 bridgehead atoms. The first kappa shape index (κ1) is 14.2. The maximum Gasteiger partial charge on any atom is 0.250 e. The van der Waals surface area contributed by atoms with Crippen LogP contribution in [0.4, 0.5) is 5.69 Å². The number of amides is 1. The van der Waals surface area contributed by atoms with Crippen molar-refractivity contribution >= 4 is 27.5 Å². The summed E-state index contributed by atoms with van der Waals surface area (Å²) in [4.78, 5) is 11.5. The molecule has 1 amide bonds. The van der Waals surface area contributed by atoms with Gasteiger partial charge in [-0.05, 0) is 30.5 Å². The van der Waals surface area contributed by atoms with Crippen molar-refractivity contribution in [3.8, 4) is 0 Å². The molecule has 0 aliphatic carbocycles. The maximum atomic E-state index is 11.5. The monoisotopic (exact) mass is 299 g/mol. The molecule has 0 spiro atoms. The van der Waals surface area contributed by atoms with Crippen molar-refractivity contribution in [1.82, 2.24) is 0 Å². The standard InChI is InChI=1S/C13H18BrNO2/c1-2-9-17-10-13(16)15-12-5-3-11(4-6-12)7-8-14/h3-6H,2,7-10H2,1H3,(H,15,16). The molecule has 0 heterocycles. The van der Waals surface area contributed by atoms with Crippen LogP contribution in [0.15, 0.2) is 24.3 Å². The fraction of sp³-hybridized carbons (Fsp3) is 0.462. The van der Waals surface area contributed by atoms with Crippen molar-refractivity contribution in [1.29, 1.82) is 0 Å². The van der Waals surface area contributed by atoms with Crippen LogP contribution in [0.2, 0.25) is 0 Å². The van der Waals surface area contributed by atoms with Gasteiger partial charge in [-0.3, -0.25) is 4.79 Å². The number of aryl methyl sites for hydroxylation is 1. The summed E-state index contributed by atoms with van der Waals surface area (Å²) in [5.74, 6) is -0.105. The fourth-order valence-electron chi connectivity index (χ4n) is 1.37. The van der Waals surface area contributed by atoms with Crippen LogP contribution >= 0.6 is 15.9 Å². The van der Waals surface area contributed by atoms with Gasteiger partial charge < -0.3 is 10.1 Å². The van der Waals surface area contributed by atoms with Crippen LogP contribution in [0.5, 0.6) is 0 Å². The van der Waals surface area contributed by atoms with Gasteiger partial charge in [0.05, 0.1) is 0 Å². The number of carbonyl (C=O) groups is 1. The van der Waals surface area contributed by atoms with Gasteiger partial charge in [0.15, 0.2) is 0 Å². The van der Waals surface area contributed by atoms with Crippen LogP contribution in [0.3, 0.4) is 0 Å². The molecule has 1 N–H and O–H groups in total. The highest BCUT2D eigenvalue weighted by molar-refractivity contribution is 9.09. The Labute approximate surface area is 111 Å². The van der Waals surface area contributed by atoms with E-state index < -0.39 is 0 Å². The van der Waals surface area contributed by atoms with E-state index in [-0.39, 0.29) is 12.5 Å². The molecule has 1 rings (SSSR count). The SMILES string of the molecule is CCCOCC(=O)Nc1ccc(CCBr)cc1. The summed E-state index contributed by atoms with van der Waals surface area (Å²) < 4.78 is 5.16. The van der Waals surface area contributed by atoms with Crippen molar-refractivity contribution in [2.24, 2.45) is 0 Å². The highest BCUT2D eigenvalue weighted by Gasteiger charge is 2.01. The first-order chi connectivity index (χ1) is 8.26. The first-order valence-electron chi connectivity index (χ1n) is 5.78. The minimum absolute atomic E-state index is 0.105. The predicted molar refractivity (Wildman–Crippen MR) is 73.7 cm³/mol. The summed E-state index contributed by atoms with van der Waals surface area (Å²) in [5.41, 5.74) is 2.07. The summed E-state index contributed by atoms with van der Waals surface area (Å²) in [6, 6.07) is 7.86. The average molecular weight is 300 g/mol. The largest absolute Gasteiger partial charge is 0.372 e. The third-order valence-electron chi connectivity index (χ3n) is 2.20. The number of benzene rings is 1. The second-order valence-electron chi connectivity index (χ2n) is 3.74. The van der Waals surface area contributed by atoms with Crippen molar-refractivity contribution in [2.45, 2.75) is 19.8 Å². The van der Waals surface area contributed by atoms with E-state index in [1.54, 1.807) is 0 Å². The second-order valence-corrected chi connectivity index (χ2v) is 4.53. The number of nitrogens with one attached hydrogen (secondary N) is 1. The Morgan fingerprint density at radius 2 is 2.06 bits per heavy atom. The van der Waals surface area contributed by atoms with E-state index in [0.29, 0.717) is 6.61 Å². The molecule has 0 saturated carbocycles.